The zero-order chi connectivity index (χ0) is 14.7. The summed E-state index contributed by atoms with van der Waals surface area (Å²) in [6.07, 6.45) is 1.71. The molecule has 108 valence electrons. The van der Waals surface area contributed by atoms with Crippen molar-refractivity contribution in [3.63, 3.8) is 0 Å². The summed E-state index contributed by atoms with van der Waals surface area (Å²) < 4.78 is 1.80. The zero-order valence-electron chi connectivity index (χ0n) is 12.5. The van der Waals surface area contributed by atoms with E-state index in [1.54, 1.807) is 10.9 Å². The molecule has 2 rings (SSSR count). The average molecular weight is 275 g/mol. The molecule has 0 radical (unpaired) electrons. The number of carbonyl (C=O) groups excluding carboxylic acids is 1. The van der Waals surface area contributed by atoms with Crippen molar-refractivity contribution < 1.29 is 4.79 Å². The molecule has 0 aliphatic rings. The van der Waals surface area contributed by atoms with Crippen LogP contribution in [0.2, 0.25) is 0 Å². The molecule has 0 unspecified atom stereocenters. The molecule has 20 heavy (non-hydrogen) atoms. The first-order chi connectivity index (χ1) is 9.52. The lowest BCUT2D eigenvalue weighted by atomic mass is 10.1. The highest BCUT2D eigenvalue weighted by atomic mass is 16.1. The fraction of sp³-hybridized carbons (Fsp3) is 0.500. The maximum absolute atomic E-state index is 12.3. The lowest BCUT2D eigenvalue weighted by Gasteiger charge is -2.11. The number of amides is 1. The first kappa shape index (κ1) is 14.5. The zero-order valence-corrected chi connectivity index (χ0v) is 12.5. The van der Waals surface area contributed by atoms with Crippen LogP contribution in [0, 0.1) is 6.92 Å². The number of carbonyl (C=O) groups is 1. The Hall–Kier alpha value is -1.95. The Morgan fingerprint density at radius 1 is 1.45 bits per heavy atom. The van der Waals surface area contributed by atoms with Crippen LogP contribution < -0.4 is 5.32 Å². The second kappa shape index (κ2) is 6.00. The summed E-state index contributed by atoms with van der Waals surface area (Å²) in [7, 11) is 3.96. The minimum atomic E-state index is -0.0713. The Labute approximate surface area is 118 Å². The normalized spacial score (nSPS) is 11.2. The molecule has 1 N–H and O–H groups in total. The molecule has 1 amide bonds. The summed E-state index contributed by atoms with van der Waals surface area (Å²) in [5.41, 5.74) is 2.24. The van der Waals surface area contributed by atoms with Crippen molar-refractivity contribution in [1.82, 2.24) is 25.0 Å². The highest BCUT2D eigenvalue weighted by molar-refractivity contribution is 6.05. The van der Waals surface area contributed by atoms with Crippen molar-refractivity contribution in [2.75, 3.05) is 27.2 Å². The van der Waals surface area contributed by atoms with Gasteiger partial charge in [-0.3, -0.25) is 4.79 Å². The van der Waals surface area contributed by atoms with Crippen LogP contribution in [0.1, 0.15) is 23.0 Å². The molecule has 2 aromatic heterocycles. The number of rotatable bonds is 5. The first-order valence-corrected chi connectivity index (χ1v) is 6.79. The van der Waals surface area contributed by atoms with E-state index in [-0.39, 0.29) is 5.91 Å². The van der Waals surface area contributed by atoms with E-state index in [2.05, 4.69) is 15.4 Å². The Bertz CT molecular complexity index is 617. The van der Waals surface area contributed by atoms with Crippen molar-refractivity contribution in [3.8, 4) is 0 Å². The van der Waals surface area contributed by atoms with Crippen LogP contribution in [0.25, 0.3) is 11.0 Å². The molecule has 6 heteroatoms. The molecule has 6 nitrogen and oxygen atoms in total. The monoisotopic (exact) mass is 275 g/mol. The number of aryl methyl sites for hydroxylation is 2. The molecule has 0 spiro atoms. The minimum absolute atomic E-state index is 0.0713. The topological polar surface area (TPSA) is 63.1 Å². The van der Waals surface area contributed by atoms with E-state index in [1.807, 2.05) is 38.9 Å². The van der Waals surface area contributed by atoms with Gasteiger partial charge in [0.2, 0.25) is 0 Å². The predicted molar refractivity (Wildman–Crippen MR) is 78.8 cm³/mol. The fourth-order valence-electron chi connectivity index (χ4n) is 2.08. The number of hydrogen-bond acceptors (Lipinski definition) is 4. The van der Waals surface area contributed by atoms with Gasteiger partial charge in [0.1, 0.15) is 0 Å². The van der Waals surface area contributed by atoms with E-state index in [1.165, 1.54) is 0 Å². The maximum Gasteiger partial charge on any atom is 0.252 e. The van der Waals surface area contributed by atoms with E-state index in [0.717, 1.165) is 29.8 Å². The lowest BCUT2D eigenvalue weighted by Crippen LogP contribution is -2.31. The number of likely N-dealkylation sites (N-methyl/N-ethyl adjacent to an activating group) is 1. The molecule has 0 bridgehead atoms. The van der Waals surface area contributed by atoms with Crippen molar-refractivity contribution in [1.29, 1.82) is 0 Å². The predicted octanol–water partition coefficient (Wildman–Crippen LogP) is 1.05. The summed E-state index contributed by atoms with van der Waals surface area (Å²) in [5.74, 6) is -0.0713. The molecular formula is C14H21N5O. The van der Waals surface area contributed by atoms with Gasteiger partial charge in [-0.2, -0.15) is 5.10 Å². The van der Waals surface area contributed by atoms with Gasteiger partial charge in [-0.15, -0.1) is 0 Å². The molecule has 2 aromatic rings. The Morgan fingerprint density at radius 2 is 2.20 bits per heavy atom. The van der Waals surface area contributed by atoms with Gasteiger partial charge < -0.3 is 10.2 Å². The summed E-state index contributed by atoms with van der Waals surface area (Å²) in [5, 5.41) is 8.01. The van der Waals surface area contributed by atoms with Crippen LogP contribution in [-0.4, -0.2) is 52.8 Å². The van der Waals surface area contributed by atoms with Gasteiger partial charge >= 0.3 is 0 Å². The summed E-state index contributed by atoms with van der Waals surface area (Å²) in [4.78, 5) is 18.8. The number of pyridine rings is 1. The van der Waals surface area contributed by atoms with Gasteiger partial charge in [0, 0.05) is 25.3 Å². The second-order valence-corrected chi connectivity index (χ2v) is 5.07. The van der Waals surface area contributed by atoms with Gasteiger partial charge in [0.05, 0.1) is 17.1 Å². The van der Waals surface area contributed by atoms with Crippen LogP contribution in [0.4, 0.5) is 0 Å². The smallest absolute Gasteiger partial charge is 0.252 e. The van der Waals surface area contributed by atoms with Crippen LogP contribution in [0.15, 0.2) is 12.3 Å². The van der Waals surface area contributed by atoms with E-state index in [4.69, 9.17) is 0 Å². The van der Waals surface area contributed by atoms with Crippen LogP contribution in [-0.2, 0) is 6.54 Å². The summed E-state index contributed by atoms with van der Waals surface area (Å²) in [6.45, 7) is 6.07. The lowest BCUT2D eigenvalue weighted by molar-refractivity contribution is 0.0952. The third-order valence-electron chi connectivity index (χ3n) is 3.13. The van der Waals surface area contributed by atoms with Gasteiger partial charge in [-0.1, -0.05) is 0 Å². The van der Waals surface area contributed by atoms with Crippen molar-refractivity contribution in [3.05, 3.63) is 23.5 Å². The highest BCUT2D eigenvalue weighted by Crippen LogP contribution is 2.18. The van der Waals surface area contributed by atoms with Gasteiger partial charge in [0.15, 0.2) is 5.65 Å². The standard InChI is InChI=1S/C14H21N5O/c1-5-19-13-12(9-16-19)11(8-10(2)17-13)14(20)15-6-7-18(3)4/h8-9H,5-7H2,1-4H3,(H,15,20). The molecular weight excluding hydrogens is 254 g/mol. The molecule has 0 aliphatic heterocycles. The van der Waals surface area contributed by atoms with Gasteiger partial charge in [-0.05, 0) is 34.0 Å². The number of nitrogens with one attached hydrogen (secondary N) is 1. The molecule has 0 saturated carbocycles. The van der Waals surface area contributed by atoms with E-state index < -0.39 is 0 Å². The minimum Gasteiger partial charge on any atom is -0.351 e. The molecule has 0 aromatic carbocycles. The van der Waals surface area contributed by atoms with Crippen molar-refractivity contribution >= 4 is 16.9 Å². The molecule has 0 atom stereocenters. The first-order valence-electron chi connectivity index (χ1n) is 6.79. The Balaban J connectivity index is 2.29. The second-order valence-electron chi connectivity index (χ2n) is 5.07. The molecule has 0 aliphatic carbocycles. The van der Waals surface area contributed by atoms with E-state index in [0.29, 0.717) is 12.1 Å². The van der Waals surface area contributed by atoms with E-state index in [9.17, 15) is 4.79 Å². The van der Waals surface area contributed by atoms with Crippen LogP contribution >= 0.6 is 0 Å². The van der Waals surface area contributed by atoms with E-state index >= 15 is 0 Å². The molecule has 0 fully saturated rings. The quantitative estimate of drug-likeness (QED) is 0.886. The number of aromatic nitrogens is 3. The maximum atomic E-state index is 12.3. The van der Waals surface area contributed by atoms with Gasteiger partial charge in [-0.25, -0.2) is 9.67 Å². The molecule has 2 heterocycles. The summed E-state index contributed by atoms with van der Waals surface area (Å²) in [6, 6.07) is 1.81. The Kier molecular flexibility index (Phi) is 4.34. The third kappa shape index (κ3) is 2.96. The van der Waals surface area contributed by atoms with Crippen molar-refractivity contribution in [2.24, 2.45) is 0 Å². The highest BCUT2D eigenvalue weighted by Gasteiger charge is 2.14. The number of nitrogens with zero attached hydrogens (tertiary/aromatic N) is 4. The van der Waals surface area contributed by atoms with Crippen LogP contribution in [0.5, 0.6) is 0 Å². The fourth-order valence-corrected chi connectivity index (χ4v) is 2.08. The summed E-state index contributed by atoms with van der Waals surface area (Å²) >= 11 is 0. The average Bonchev–Trinajstić information content (AvgIpc) is 2.79. The number of hydrogen-bond donors (Lipinski definition) is 1. The largest absolute Gasteiger partial charge is 0.351 e. The van der Waals surface area contributed by atoms with Crippen LogP contribution in [0.3, 0.4) is 0 Å². The molecule has 0 saturated heterocycles. The SMILES string of the molecule is CCn1ncc2c(C(=O)NCCN(C)C)cc(C)nc21. The Morgan fingerprint density at radius 3 is 2.85 bits per heavy atom. The number of fused-ring (bicyclic) bond motifs is 1. The third-order valence-corrected chi connectivity index (χ3v) is 3.13. The van der Waals surface area contributed by atoms with Crippen molar-refractivity contribution in [2.45, 2.75) is 20.4 Å². The van der Waals surface area contributed by atoms with Gasteiger partial charge in [0.25, 0.3) is 5.91 Å².